The molecule has 0 unspecified atom stereocenters. The average Bonchev–Trinajstić information content (AvgIpc) is 2.90. The molecule has 0 saturated heterocycles. The van der Waals surface area contributed by atoms with Crippen molar-refractivity contribution >= 4 is 29.4 Å². The van der Waals surface area contributed by atoms with Gasteiger partial charge in [0, 0.05) is 49.5 Å². The molecule has 39 heavy (non-hydrogen) atoms. The van der Waals surface area contributed by atoms with E-state index in [-0.39, 0.29) is 30.3 Å². The summed E-state index contributed by atoms with van der Waals surface area (Å²) in [5.41, 5.74) is 2.18. The van der Waals surface area contributed by atoms with Crippen molar-refractivity contribution < 1.29 is 27.5 Å². The zero-order chi connectivity index (χ0) is 27.8. The number of nitrogens with one attached hydrogen (secondary N) is 4. The zero-order valence-electron chi connectivity index (χ0n) is 21.0. The van der Waals surface area contributed by atoms with E-state index in [1.54, 1.807) is 48.5 Å². The lowest BCUT2D eigenvalue weighted by molar-refractivity contribution is -0.154. The Morgan fingerprint density at radius 3 is 1.97 bits per heavy atom. The lowest BCUT2D eigenvalue weighted by Gasteiger charge is -2.17. The first kappa shape index (κ1) is 27.6. The number of hydrogen-bond donors (Lipinski definition) is 4. The van der Waals surface area contributed by atoms with Crippen LogP contribution in [0.15, 0.2) is 48.5 Å². The summed E-state index contributed by atoms with van der Waals surface area (Å²) in [7, 11) is 1.90. The van der Waals surface area contributed by atoms with Gasteiger partial charge in [-0.25, -0.2) is 0 Å². The summed E-state index contributed by atoms with van der Waals surface area (Å²) in [5, 5.41) is 11.5. The van der Waals surface area contributed by atoms with Crippen molar-refractivity contribution in [1.29, 1.82) is 0 Å². The highest BCUT2D eigenvalue weighted by Gasteiger charge is 2.29. The van der Waals surface area contributed by atoms with Crippen molar-refractivity contribution in [3.8, 4) is 6.01 Å². The third kappa shape index (κ3) is 8.53. The minimum absolute atomic E-state index is 0.0231. The summed E-state index contributed by atoms with van der Waals surface area (Å²) in [6.45, 7) is 0.680. The fraction of sp³-hybridized carbons (Fsp3) is 0.320. The van der Waals surface area contributed by atoms with E-state index < -0.39 is 18.8 Å². The standard InChI is InChI=1S/C25H27F3N8O3/c1-36-12-10-29-20(37)17-4-2-16(3-5-17)14-31-22-33-23(35-24(34-22)39-15-25(26,27)28)32-19-8-6-18(7-9-19)21(38)30-11-13-36/h2-9H,10-15H2,1H3,(H,29,37)(H,30,38)(H2,31,32,33,34,35). The van der Waals surface area contributed by atoms with Crippen LogP contribution in [0.25, 0.3) is 0 Å². The highest BCUT2D eigenvalue weighted by molar-refractivity contribution is 5.95. The Labute approximate surface area is 222 Å². The Hall–Kier alpha value is -4.46. The summed E-state index contributed by atoms with van der Waals surface area (Å²) in [6.07, 6.45) is -4.58. The topological polar surface area (TPSA) is 133 Å². The summed E-state index contributed by atoms with van der Waals surface area (Å²) in [6, 6.07) is 12.7. The summed E-state index contributed by atoms with van der Waals surface area (Å²) >= 11 is 0. The molecule has 0 radical (unpaired) electrons. The second kappa shape index (κ2) is 12.4. The highest BCUT2D eigenvalue weighted by atomic mass is 19.4. The maximum absolute atomic E-state index is 12.7. The molecule has 4 N–H and O–H groups in total. The molecular weight excluding hydrogens is 517 g/mol. The van der Waals surface area contributed by atoms with Crippen molar-refractivity contribution in [2.24, 2.45) is 0 Å². The van der Waals surface area contributed by atoms with E-state index in [2.05, 4.69) is 36.2 Å². The molecule has 4 aliphatic heterocycles. The summed E-state index contributed by atoms with van der Waals surface area (Å²) < 4.78 is 42.9. The normalized spacial score (nSPS) is 15.6. The first-order valence-corrected chi connectivity index (χ1v) is 12.0. The third-order valence-electron chi connectivity index (χ3n) is 5.61. The molecule has 206 valence electrons. The van der Waals surface area contributed by atoms with Gasteiger partial charge in [-0.1, -0.05) is 12.1 Å². The number of carbonyl (C=O) groups excluding carboxylic acids is 2. The van der Waals surface area contributed by atoms with Gasteiger partial charge in [-0.05, 0) is 49.0 Å². The molecule has 2 amide bonds. The Morgan fingerprint density at radius 2 is 1.38 bits per heavy atom. The maximum atomic E-state index is 12.7. The van der Waals surface area contributed by atoms with Gasteiger partial charge in [0.1, 0.15) is 0 Å². The minimum atomic E-state index is -4.58. The number of anilines is 3. The number of amides is 2. The largest absolute Gasteiger partial charge is 0.454 e. The molecule has 0 spiro atoms. The third-order valence-corrected chi connectivity index (χ3v) is 5.61. The number of aromatic nitrogens is 3. The highest BCUT2D eigenvalue weighted by Crippen LogP contribution is 2.20. The van der Waals surface area contributed by atoms with Gasteiger partial charge >= 0.3 is 12.2 Å². The van der Waals surface area contributed by atoms with E-state index in [1.807, 2.05) is 11.9 Å². The van der Waals surface area contributed by atoms with Crippen LogP contribution in [0.5, 0.6) is 6.01 Å². The van der Waals surface area contributed by atoms with Crippen LogP contribution in [0, 0.1) is 0 Å². The van der Waals surface area contributed by atoms with Crippen LogP contribution >= 0.6 is 0 Å². The van der Waals surface area contributed by atoms with Gasteiger partial charge in [0.2, 0.25) is 11.9 Å². The number of rotatable bonds is 2. The molecule has 5 heterocycles. The molecule has 0 fully saturated rings. The first-order chi connectivity index (χ1) is 18.6. The number of alkyl halides is 3. The number of hydrogen-bond acceptors (Lipinski definition) is 9. The van der Waals surface area contributed by atoms with Crippen LogP contribution in [0.1, 0.15) is 26.3 Å². The zero-order valence-corrected chi connectivity index (χ0v) is 21.0. The van der Waals surface area contributed by atoms with E-state index in [0.717, 1.165) is 5.56 Å². The predicted octanol–water partition coefficient (Wildman–Crippen LogP) is 2.57. The molecule has 0 aliphatic carbocycles. The molecule has 14 heteroatoms. The van der Waals surface area contributed by atoms with Crippen molar-refractivity contribution in [2.45, 2.75) is 12.7 Å². The Bertz CT molecular complexity index is 1290. The van der Waals surface area contributed by atoms with Crippen molar-refractivity contribution in [1.82, 2.24) is 30.5 Å². The number of likely N-dealkylation sites (N-methyl/N-ethyl adjacent to an activating group) is 1. The average molecular weight is 545 g/mol. The lowest BCUT2D eigenvalue weighted by atomic mass is 10.1. The molecule has 1 aromatic heterocycles. The van der Waals surface area contributed by atoms with Crippen molar-refractivity contribution in [2.75, 3.05) is 50.5 Å². The van der Waals surface area contributed by atoms with Crippen molar-refractivity contribution in [3.05, 3.63) is 65.2 Å². The first-order valence-electron chi connectivity index (χ1n) is 12.0. The van der Waals surface area contributed by atoms with Crippen molar-refractivity contribution in [3.63, 3.8) is 0 Å². The van der Waals surface area contributed by atoms with Crippen LogP contribution < -0.4 is 26.0 Å². The van der Waals surface area contributed by atoms with Gasteiger partial charge < -0.3 is 30.9 Å². The Balaban J connectivity index is 1.58. The number of halogens is 3. The molecule has 0 atom stereocenters. The van der Waals surface area contributed by atoms with Gasteiger partial charge in [-0.15, -0.1) is 0 Å². The number of carbonyl (C=O) groups is 2. The summed E-state index contributed by atoms with van der Waals surface area (Å²) in [4.78, 5) is 39.0. The minimum Gasteiger partial charge on any atom is -0.454 e. The van der Waals surface area contributed by atoms with Gasteiger partial charge in [0.25, 0.3) is 11.8 Å². The maximum Gasteiger partial charge on any atom is 0.422 e. The van der Waals surface area contributed by atoms with Crippen LogP contribution in [0.2, 0.25) is 0 Å². The SMILES string of the molecule is CN1CCNC(=O)c2ccc(cc2)CNc2nc(nc(OCC(F)(F)F)n2)Nc2ccc(cc2)C(=O)NCC1. The van der Waals surface area contributed by atoms with Crippen LogP contribution in [0.4, 0.5) is 30.8 Å². The fourth-order valence-corrected chi connectivity index (χ4v) is 3.53. The molecular formula is C25H27F3N8O3. The van der Waals surface area contributed by atoms with Gasteiger partial charge in [-0.3, -0.25) is 9.59 Å². The van der Waals surface area contributed by atoms with Crippen LogP contribution in [-0.2, 0) is 6.54 Å². The smallest absolute Gasteiger partial charge is 0.422 e. The number of nitrogens with zero attached hydrogens (tertiary/aromatic N) is 4. The predicted molar refractivity (Wildman–Crippen MR) is 137 cm³/mol. The molecule has 11 nitrogen and oxygen atoms in total. The fourth-order valence-electron chi connectivity index (χ4n) is 3.53. The van der Waals surface area contributed by atoms with E-state index in [0.29, 0.717) is 43.0 Å². The molecule has 3 aromatic rings. The van der Waals surface area contributed by atoms with Gasteiger partial charge in [0.05, 0.1) is 0 Å². The summed E-state index contributed by atoms with van der Waals surface area (Å²) in [5.74, 6) is -0.572. The molecule has 7 rings (SSSR count). The van der Waals surface area contributed by atoms with Gasteiger partial charge in [0.15, 0.2) is 6.61 Å². The van der Waals surface area contributed by atoms with Crippen LogP contribution in [-0.4, -0.2) is 77.7 Å². The monoisotopic (exact) mass is 544 g/mol. The van der Waals surface area contributed by atoms with E-state index in [9.17, 15) is 22.8 Å². The number of ether oxygens (including phenoxy) is 1. The molecule has 2 aromatic carbocycles. The van der Waals surface area contributed by atoms with E-state index in [1.165, 1.54) is 0 Å². The second-order valence-corrected chi connectivity index (χ2v) is 8.74. The Morgan fingerprint density at radius 1 is 0.821 bits per heavy atom. The molecule has 0 saturated carbocycles. The Kier molecular flexibility index (Phi) is 8.76. The van der Waals surface area contributed by atoms with Gasteiger partial charge in [-0.2, -0.15) is 28.1 Å². The lowest BCUT2D eigenvalue weighted by Crippen LogP contribution is -2.37. The molecule has 6 bridgehead atoms. The molecule has 4 aliphatic rings. The number of benzene rings is 2. The van der Waals surface area contributed by atoms with Crippen LogP contribution in [0.3, 0.4) is 0 Å². The quantitative estimate of drug-likeness (QED) is 0.384. The second-order valence-electron chi connectivity index (χ2n) is 8.74. The van der Waals surface area contributed by atoms with E-state index >= 15 is 0 Å². The van der Waals surface area contributed by atoms with E-state index in [4.69, 9.17) is 4.74 Å².